The van der Waals surface area contributed by atoms with Crippen molar-refractivity contribution in [2.24, 2.45) is 0 Å². The van der Waals surface area contributed by atoms with Crippen LogP contribution in [-0.4, -0.2) is 45.7 Å². The molecule has 0 saturated carbocycles. The number of hydrogen-bond acceptors (Lipinski definition) is 4. The highest BCUT2D eigenvalue weighted by Gasteiger charge is 2.27. The highest BCUT2D eigenvalue weighted by Crippen LogP contribution is 2.26. The summed E-state index contributed by atoms with van der Waals surface area (Å²) in [6.07, 6.45) is 4.38. The fraction of sp³-hybridized carbons (Fsp3) is 0.346. The van der Waals surface area contributed by atoms with Gasteiger partial charge in [-0.15, -0.1) is 0 Å². The van der Waals surface area contributed by atoms with Gasteiger partial charge in [0.25, 0.3) is 5.91 Å². The fourth-order valence-electron chi connectivity index (χ4n) is 4.18. The van der Waals surface area contributed by atoms with Crippen LogP contribution in [0.25, 0.3) is 0 Å². The summed E-state index contributed by atoms with van der Waals surface area (Å²) in [6.45, 7) is 4.60. The van der Waals surface area contributed by atoms with E-state index in [4.69, 9.17) is 16.3 Å². The number of halogens is 3. The lowest BCUT2D eigenvalue weighted by molar-refractivity contribution is -0.115. The number of rotatable bonds is 7. The molecule has 2 amide bonds. The van der Waals surface area contributed by atoms with Crippen LogP contribution in [0.2, 0.25) is 5.02 Å². The molecule has 0 atom stereocenters. The van der Waals surface area contributed by atoms with Crippen molar-refractivity contribution in [1.82, 2.24) is 14.7 Å². The minimum Gasteiger partial charge on any atom is -0.491 e. The fourth-order valence-corrected chi connectivity index (χ4v) is 4.36. The molecule has 1 fully saturated rings. The number of nitrogens with one attached hydrogen (secondary N) is 1. The molecule has 1 aromatic heterocycles. The van der Waals surface area contributed by atoms with Crippen LogP contribution < -0.4 is 10.1 Å². The van der Waals surface area contributed by atoms with Gasteiger partial charge in [0.2, 0.25) is 5.91 Å². The van der Waals surface area contributed by atoms with Crippen LogP contribution in [0.3, 0.4) is 0 Å². The van der Waals surface area contributed by atoms with E-state index in [1.165, 1.54) is 30.3 Å². The first-order chi connectivity index (χ1) is 17.2. The van der Waals surface area contributed by atoms with Crippen LogP contribution in [0.1, 0.15) is 48.7 Å². The Balaban J connectivity index is 1.31. The second kappa shape index (κ2) is 11.1. The van der Waals surface area contributed by atoms with Crippen molar-refractivity contribution in [2.75, 3.05) is 18.4 Å². The van der Waals surface area contributed by atoms with E-state index >= 15 is 0 Å². The summed E-state index contributed by atoms with van der Waals surface area (Å²) in [7, 11) is 0. The molecular weight excluding hydrogens is 490 g/mol. The summed E-state index contributed by atoms with van der Waals surface area (Å²) < 4.78 is 35.2. The molecule has 2 aromatic carbocycles. The van der Waals surface area contributed by atoms with Crippen molar-refractivity contribution in [2.45, 2.75) is 45.3 Å². The van der Waals surface area contributed by atoms with Crippen molar-refractivity contribution >= 4 is 29.1 Å². The lowest BCUT2D eigenvalue weighted by Gasteiger charge is -2.32. The molecule has 0 bridgehead atoms. The van der Waals surface area contributed by atoms with Gasteiger partial charge in [-0.05, 0) is 62.6 Å². The number of piperidine rings is 1. The Bertz CT molecular complexity index is 1260. The Morgan fingerprint density at radius 2 is 1.92 bits per heavy atom. The van der Waals surface area contributed by atoms with Gasteiger partial charge in [0.1, 0.15) is 17.4 Å². The molecule has 4 rings (SSSR count). The normalized spacial score (nSPS) is 14.2. The van der Waals surface area contributed by atoms with E-state index in [0.29, 0.717) is 48.0 Å². The van der Waals surface area contributed by atoms with E-state index in [9.17, 15) is 18.4 Å². The lowest BCUT2D eigenvalue weighted by atomic mass is 10.0. The maximum Gasteiger partial charge on any atom is 0.256 e. The van der Waals surface area contributed by atoms with E-state index in [-0.39, 0.29) is 35.9 Å². The third-order valence-electron chi connectivity index (χ3n) is 5.91. The molecule has 0 unspecified atom stereocenters. The number of likely N-dealkylation sites (tertiary alicyclic amines) is 1. The van der Waals surface area contributed by atoms with Crippen LogP contribution in [0.15, 0.2) is 48.8 Å². The number of benzene rings is 2. The number of carbonyl (C=O) groups excluding carboxylic acids is 2. The summed E-state index contributed by atoms with van der Waals surface area (Å²) in [5, 5.41) is 7.42. The summed E-state index contributed by atoms with van der Waals surface area (Å²) in [4.78, 5) is 26.9. The zero-order chi connectivity index (χ0) is 25.8. The highest BCUT2D eigenvalue weighted by atomic mass is 35.5. The SMILES string of the molecule is CC(C)Oc1ccc(C(=O)N2CCC(n3cc(NC(=O)Cc4cc(F)ccc4Cl)cn3)CC2)c(F)c1. The van der Waals surface area contributed by atoms with Gasteiger partial charge in [0, 0.05) is 30.4 Å². The number of hydrogen-bond donors (Lipinski definition) is 1. The Hall–Kier alpha value is -3.46. The van der Waals surface area contributed by atoms with E-state index in [1.807, 2.05) is 13.8 Å². The van der Waals surface area contributed by atoms with E-state index in [0.717, 1.165) is 0 Å². The van der Waals surface area contributed by atoms with Gasteiger partial charge in [-0.1, -0.05) is 11.6 Å². The molecule has 3 aromatic rings. The minimum atomic E-state index is -0.604. The van der Waals surface area contributed by atoms with Gasteiger partial charge in [0.05, 0.1) is 36.0 Å². The lowest BCUT2D eigenvalue weighted by Crippen LogP contribution is -2.39. The number of anilines is 1. The van der Waals surface area contributed by atoms with Crippen molar-refractivity contribution in [1.29, 1.82) is 0 Å². The van der Waals surface area contributed by atoms with Crippen LogP contribution in [0.5, 0.6) is 5.75 Å². The first-order valence-corrected chi connectivity index (χ1v) is 12.1. The van der Waals surface area contributed by atoms with E-state index in [2.05, 4.69) is 10.4 Å². The molecule has 36 heavy (non-hydrogen) atoms. The maximum absolute atomic E-state index is 14.5. The molecule has 0 spiro atoms. The zero-order valence-electron chi connectivity index (χ0n) is 20.0. The maximum atomic E-state index is 14.5. The van der Waals surface area contributed by atoms with Crippen molar-refractivity contribution in [3.05, 3.63) is 76.6 Å². The number of amides is 2. The van der Waals surface area contributed by atoms with Gasteiger partial charge in [-0.25, -0.2) is 8.78 Å². The average molecular weight is 517 g/mol. The molecule has 0 aliphatic carbocycles. The number of nitrogens with zero attached hydrogens (tertiary/aromatic N) is 3. The van der Waals surface area contributed by atoms with Crippen molar-refractivity contribution in [3.63, 3.8) is 0 Å². The summed E-state index contributed by atoms with van der Waals surface area (Å²) in [6, 6.07) is 8.22. The average Bonchev–Trinajstić information content (AvgIpc) is 3.29. The first-order valence-electron chi connectivity index (χ1n) is 11.7. The Labute approximate surface area is 213 Å². The minimum absolute atomic E-state index is 0.0204. The largest absolute Gasteiger partial charge is 0.491 e. The quantitative estimate of drug-likeness (QED) is 0.465. The van der Waals surface area contributed by atoms with Gasteiger partial charge < -0.3 is 15.0 Å². The molecular formula is C26H27ClF2N4O3. The van der Waals surface area contributed by atoms with Gasteiger partial charge in [0.15, 0.2) is 0 Å². The molecule has 2 heterocycles. The summed E-state index contributed by atoms with van der Waals surface area (Å²) in [5.41, 5.74) is 0.931. The van der Waals surface area contributed by atoms with Crippen LogP contribution in [0.4, 0.5) is 14.5 Å². The predicted octanol–water partition coefficient (Wildman–Crippen LogP) is 5.26. The van der Waals surface area contributed by atoms with Gasteiger partial charge >= 0.3 is 0 Å². The molecule has 10 heteroatoms. The second-order valence-corrected chi connectivity index (χ2v) is 9.41. The highest BCUT2D eigenvalue weighted by molar-refractivity contribution is 6.31. The predicted molar refractivity (Wildman–Crippen MR) is 132 cm³/mol. The van der Waals surface area contributed by atoms with Crippen LogP contribution >= 0.6 is 11.6 Å². The number of ether oxygens (including phenoxy) is 1. The number of aromatic nitrogens is 2. The van der Waals surface area contributed by atoms with Gasteiger partial charge in [-0.2, -0.15) is 5.10 Å². The Kier molecular flexibility index (Phi) is 7.88. The third kappa shape index (κ3) is 6.20. The molecule has 7 nitrogen and oxygen atoms in total. The molecule has 1 aliphatic heterocycles. The Morgan fingerprint density at radius 3 is 2.61 bits per heavy atom. The molecule has 1 N–H and O–H groups in total. The molecule has 1 aliphatic rings. The Morgan fingerprint density at radius 1 is 1.17 bits per heavy atom. The topological polar surface area (TPSA) is 76.5 Å². The summed E-state index contributed by atoms with van der Waals surface area (Å²) in [5.74, 6) is -1.37. The molecule has 190 valence electrons. The van der Waals surface area contributed by atoms with Gasteiger partial charge in [-0.3, -0.25) is 14.3 Å². The summed E-state index contributed by atoms with van der Waals surface area (Å²) >= 11 is 6.04. The third-order valence-corrected chi connectivity index (χ3v) is 6.28. The van der Waals surface area contributed by atoms with E-state index < -0.39 is 11.6 Å². The first kappa shape index (κ1) is 25.6. The number of carbonyl (C=O) groups is 2. The van der Waals surface area contributed by atoms with Crippen LogP contribution in [-0.2, 0) is 11.2 Å². The van der Waals surface area contributed by atoms with E-state index in [1.54, 1.807) is 28.0 Å². The van der Waals surface area contributed by atoms with Crippen molar-refractivity contribution in [3.8, 4) is 5.75 Å². The second-order valence-electron chi connectivity index (χ2n) is 9.00. The molecule has 1 saturated heterocycles. The zero-order valence-corrected chi connectivity index (χ0v) is 20.8. The smallest absolute Gasteiger partial charge is 0.256 e. The standard InChI is InChI=1S/C26H27ClF2N4O3/c1-16(2)36-21-4-5-22(24(29)13-21)26(35)32-9-7-20(8-10-32)33-15-19(14-30-33)31-25(34)12-17-11-18(28)3-6-23(17)27/h3-6,11,13-16,20H,7-10,12H2,1-2H3,(H,31,34). The molecule has 0 radical (unpaired) electrons. The van der Waals surface area contributed by atoms with Crippen LogP contribution in [0, 0.1) is 11.6 Å². The van der Waals surface area contributed by atoms with Crippen molar-refractivity contribution < 1.29 is 23.1 Å². The monoisotopic (exact) mass is 516 g/mol.